The van der Waals surface area contributed by atoms with Crippen LogP contribution in [0.25, 0.3) is 0 Å². The van der Waals surface area contributed by atoms with Gasteiger partial charge in [-0.05, 0) is 44.1 Å². The molecule has 1 aromatic carbocycles. The molecule has 1 aliphatic heterocycles. The molecule has 1 aliphatic rings. The highest BCUT2D eigenvalue weighted by atomic mass is 32.2. The molecule has 106 valence electrons. The summed E-state index contributed by atoms with van der Waals surface area (Å²) in [6.07, 6.45) is 2.39. The van der Waals surface area contributed by atoms with Crippen molar-refractivity contribution in [3.8, 4) is 5.75 Å². The van der Waals surface area contributed by atoms with Crippen LogP contribution in [0.15, 0.2) is 29.2 Å². The van der Waals surface area contributed by atoms with Crippen LogP contribution >= 0.6 is 0 Å². The highest BCUT2D eigenvalue weighted by molar-refractivity contribution is 7.89. The van der Waals surface area contributed by atoms with Crippen LogP contribution in [0.4, 0.5) is 0 Å². The number of hydrogen-bond donors (Lipinski definition) is 1. The zero-order valence-electron chi connectivity index (χ0n) is 11.1. The number of phenols is 1. The molecule has 0 atom stereocenters. The van der Waals surface area contributed by atoms with E-state index in [1.807, 2.05) is 0 Å². The fraction of sp³-hybridized carbons (Fsp3) is 0.538. The molecule has 5 nitrogen and oxygen atoms in total. The fourth-order valence-corrected chi connectivity index (χ4v) is 3.43. The Hall–Kier alpha value is -1.11. The maximum absolute atomic E-state index is 12.3. The van der Waals surface area contributed by atoms with E-state index >= 15 is 0 Å². The zero-order chi connectivity index (χ0) is 13.9. The molecule has 0 aliphatic carbocycles. The van der Waals surface area contributed by atoms with Crippen molar-refractivity contribution in [2.24, 2.45) is 0 Å². The van der Waals surface area contributed by atoms with Gasteiger partial charge in [-0.2, -0.15) is 4.31 Å². The molecule has 0 spiro atoms. The molecule has 0 unspecified atom stereocenters. The Morgan fingerprint density at radius 1 is 1.32 bits per heavy atom. The number of nitrogens with zero attached hydrogens (tertiary/aromatic N) is 2. The van der Waals surface area contributed by atoms with Crippen LogP contribution in [0.1, 0.15) is 12.8 Å². The summed E-state index contributed by atoms with van der Waals surface area (Å²) in [5.74, 6) is -0.0333. The minimum Gasteiger partial charge on any atom is -0.508 e. The number of benzene rings is 1. The number of likely N-dealkylation sites (N-methyl/N-ethyl adjacent to an activating group) is 1. The van der Waals surface area contributed by atoms with Crippen molar-refractivity contribution in [3.63, 3.8) is 0 Å². The number of likely N-dealkylation sites (tertiary alicyclic amines) is 1. The molecular formula is C13H20N2O3S. The van der Waals surface area contributed by atoms with Gasteiger partial charge in [-0.25, -0.2) is 8.42 Å². The van der Waals surface area contributed by atoms with E-state index in [2.05, 4.69) is 4.90 Å². The van der Waals surface area contributed by atoms with E-state index in [9.17, 15) is 13.5 Å². The third kappa shape index (κ3) is 3.46. The van der Waals surface area contributed by atoms with Crippen molar-refractivity contribution in [2.75, 3.05) is 33.2 Å². The van der Waals surface area contributed by atoms with Gasteiger partial charge in [-0.3, -0.25) is 0 Å². The minimum absolute atomic E-state index is 0.0333. The molecule has 1 N–H and O–H groups in total. The third-order valence-corrected chi connectivity index (χ3v) is 5.31. The van der Waals surface area contributed by atoms with E-state index in [0.29, 0.717) is 6.54 Å². The average molecular weight is 284 g/mol. The second-order valence-electron chi connectivity index (χ2n) is 4.87. The Morgan fingerprint density at radius 2 is 2.00 bits per heavy atom. The first-order valence-electron chi connectivity index (χ1n) is 6.48. The van der Waals surface area contributed by atoms with Gasteiger partial charge in [0.1, 0.15) is 5.75 Å². The number of sulfonamides is 1. The second kappa shape index (κ2) is 5.90. The van der Waals surface area contributed by atoms with Gasteiger partial charge in [-0.1, -0.05) is 6.07 Å². The molecule has 0 aromatic heterocycles. The Bertz CT molecular complexity index is 524. The molecule has 1 aromatic rings. The van der Waals surface area contributed by atoms with E-state index in [1.165, 1.54) is 41.4 Å². The lowest BCUT2D eigenvalue weighted by molar-refractivity contribution is 0.310. The highest BCUT2D eigenvalue weighted by Crippen LogP contribution is 2.19. The topological polar surface area (TPSA) is 60.9 Å². The van der Waals surface area contributed by atoms with Gasteiger partial charge >= 0.3 is 0 Å². The molecular weight excluding hydrogens is 264 g/mol. The number of rotatable bonds is 5. The summed E-state index contributed by atoms with van der Waals surface area (Å²) >= 11 is 0. The minimum atomic E-state index is -3.51. The number of phenolic OH excluding ortho intramolecular Hbond substituents is 1. The summed E-state index contributed by atoms with van der Waals surface area (Å²) in [7, 11) is -1.93. The molecule has 1 heterocycles. The maximum Gasteiger partial charge on any atom is 0.242 e. The molecule has 1 saturated heterocycles. The lowest BCUT2D eigenvalue weighted by atomic mass is 10.3. The van der Waals surface area contributed by atoms with Crippen molar-refractivity contribution >= 4 is 10.0 Å². The number of aromatic hydroxyl groups is 1. The van der Waals surface area contributed by atoms with Crippen LogP contribution in [-0.4, -0.2) is 56.0 Å². The van der Waals surface area contributed by atoms with Gasteiger partial charge in [0.2, 0.25) is 10.0 Å². The average Bonchev–Trinajstić information content (AvgIpc) is 2.89. The van der Waals surface area contributed by atoms with Crippen LogP contribution in [0.5, 0.6) is 5.75 Å². The van der Waals surface area contributed by atoms with E-state index in [1.54, 1.807) is 7.05 Å². The summed E-state index contributed by atoms with van der Waals surface area (Å²) in [6.45, 7) is 3.34. The number of hydrogen-bond acceptors (Lipinski definition) is 4. The Kier molecular flexibility index (Phi) is 4.44. The largest absolute Gasteiger partial charge is 0.508 e. The molecule has 6 heteroatoms. The summed E-state index contributed by atoms with van der Waals surface area (Å²) in [5.41, 5.74) is 0. The van der Waals surface area contributed by atoms with Crippen LogP contribution < -0.4 is 0 Å². The molecule has 1 fully saturated rings. The molecule has 0 bridgehead atoms. The fourth-order valence-electron chi connectivity index (χ4n) is 2.23. The van der Waals surface area contributed by atoms with Gasteiger partial charge in [0, 0.05) is 20.1 Å². The highest BCUT2D eigenvalue weighted by Gasteiger charge is 2.22. The predicted octanol–water partition coefficient (Wildman–Crippen LogP) is 1.11. The van der Waals surface area contributed by atoms with E-state index in [-0.39, 0.29) is 10.6 Å². The van der Waals surface area contributed by atoms with Crippen LogP contribution in [0.3, 0.4) is 0 Å². The van der Waals surface area contributed by atoms with Crippen molar-refractivity contribution < 1.29 is 13.5 Å². The third-order valence-electron chi connectivity index (χ3n) is 3.46. The second-order valence-corrected chi connectivity index (χ2v) is 6.92. The standard InChI is InChI=1S/C13H20N2O3S/c1-14(9-10-15-7-2-3-8-15)19(17,18)13-6-4-5-12(16)11-13/h4-6,11,16H,2-3,7-10H2,1H3. The smallest absolute Gasteiger partial charge is 0.242 e. The SMILES string of the molecule is CN(CCN1CCCC1)S(=O)(=O)c1cccc(O)c1. The van der Waals surface area contributed by atoms with Crippen molar-refractivity contribution in [1.29, 1.82) is 0 Å². The summed E-state index contributed by atoms with van der Waals surface area (Å²) in [5, 5.41) is 9.37. The van der Waals surface area contributed by atoms with Gasteiger partial charge in [-0.15, -0.1) is 0 Å². The van der Waals surface area contributed by atoms with Crippen molar-refractivity contribution in [1.82, 2.24) is 9.21 Å². The molecule has 2 rings (SSSR count). The van der Waals surface area contributed by atoms with Crippen LogP contribution in [0, 0.1) is 0 Å². The van der Waals surface area contributed by atoms with Crippen molar-refractivity contribution in [2.45, 2.75) is 17.7 Å². The summed E-state index contributed by atoms with van der Waals surface area (Å²) in [4.78, 5) is 2.41. The van der Waals surface area contributed by atoms with Gasteiger partial charge in [0.05, 0.1) is 4.90 Å². The van der Waals surface area contributed by atoms with Gasteiger partial charge in [0.15, 0.2) is 0 Å². The molecule has 0 radical (unpaired) electrons. The molecule has 0 saturated carbocycles. The molecule has 19 heavy (non-hydrogen) atoms. The van der Waals surface area contributed by atoms with Gasteiger partial charge in [0.25, 0.3) is 0 Å². The van der Waals surface area contributed by atoms with E-state index in [0.717, 1.165) is 19.6 Å². The predicted molar refractivity (Wildman–Crippen MR) is 73.6 cm³/mol. The first-order valence-corrected chi connectivity index (χ1v) is 7.92. The first kappa shape index (κ1) is 14.3. The van der Waals surface area contributed by atoms with Crippen LogP contribution in [-0.2, 0) is 10.0 Å². The summed E-state index contributed by atoms with van der Waals surface area (Å²) in [6, 6.07) is 5.78. The monoisotopic (exact) mass is 284 g/mol. The van der Waals surface area contributed by atoms with Gasteiger partial charge < -0.3 is 10.0 Å². The Labute approximate surface area is 114 Å². The molecule has 0 amide bonds. The van der Waals surface area contributed by atoms with E-state index in [4.69, 9.17) is 0 Å². The zero-order valence-corrected chi connectivity index (χ0v) is 11.9. The lowest BCUT2D eigenvalue weighted by Crippen LogP contribution is -2.35. The maximum atomic E-state index is 12.3. The Morgan fingerprint density at radius 3 is 2.63 bits per heavy atom. The van der Waals surface area contributed by atoms with E-state index < -0.39 is 10.0 Å². The normalized spacial score (nSPS) is 17.2. The quantitative estimate of drug-likeness (QED) is 0.880. The Balaban J connectivity index is 2.02. The first-order chi connectivity index (χ1) is 9.00. The van der Waals surface area contributed by atoms with Crippen molar-refractivity contribution in [3.05, 3.63) is 24.3 Å². The van der Waals surface area contributed by atoms with Crippen LogP contribution in [0.2, 0.25) is 0 Å². The lowest BCUT2D eigenvalue weighted by Gasteiger charge is -2.21. The summed E-state index contributed by atoms with van der Waals surface area (Å²) < 4.78 is 25.9.